The van der Waals surface area contributed by atoms with Gasteiger partial charge in [-0.1, -0.05) is 29.8 Å². The Morgan fingerprint density at radius 3 is 2.68 bits per heavy atom. The fraction of sp³-hybridized carbons (Fsp3) is 0.296. The Bertz CT molecular complexity index is 1430. The predicted molar refractivity (Wildman–Crippen MR) is 140 cm³/mol. The second kappa shape index (κ2) is 10.1. The summed E-state index contributed by atoms with van der Waals surface area (Å²) in [5.41, 5.74) is 1.18. The van der Waals surface area contributed by atoms with Crippen LogP contribution in [0.3, 0.4) is 0 Å². The minimum Gasteiger partial charge on any atom is -0.457 e. The number of piperidine rings is 1. The Balaban J connectivity index is 1.24. The number of nitrogens with one attached hydrogen (secondary N) is 3. The van der Waals surface area contributed by atoms with E-state index in [0.717, 1.165) is 19.6 Å². The number of para-hydroxylation sites is 1. The smallest absolute Gasteiger partial charge is 0.196 e. The summed E-state index contributed by atoms with van der Waals surface area (Å²) in [7, 11) is 0. The summed E-state index contributed by atoms with van der Waals surface area (Å²) < 4.78 is 21.0. The van der Waals surface area contributed by atoms with Gasteiger partial charge in [0.1, 0.15) is 35.5 Å². The van der Waals surface area contributed by atoms with Crippen LogP contribution in [0.2, 0.25) is 5.02 Å². The van der Waals surface area contributed by atoms with Crippen LogP contribution in [0, 0.1) is 0 Å². The number of aromatic amines is 1. The normalized spacial score (nSPS) is 20.5. The SMILES string of the molecule is O=C(c1ccc(Oc2ccccc2)cc1Cl)c1c[nH]c2ncnc(N[C@@H]3CCN(C4CNC4)C[C@H]3F)c12. The molecule has 4 aromatic rings. The number of fused-ring (bicyclic) bond motifs is 1. The summed E-state index contributed by atoms with van der Waals surface area (Å²) in [6.07, 6.45) is 2.59. The summed E-state index contributed by atoms with van der Waals surface area (Å²) in [6, 6.07) is 14.3. The van der Waals surface area contributed by atoms with E-state index in [1.165, 1.54) is 6.33 Å². The maximum absolute atomic E-state index is 15.1. The van der Waals surface area contributed by atoms with Gasteiger partial charge in [-0.15, -0.1) is 0 Å². The molecule has 2 atom stereocenters. The summed E-state index contributed by atoms with van der Waals surface area (Å²) in [5, 5.41) is 7.28. The number of hydrogen-bond acceptors (Lipinski definition) is 7. The van der Waals surface area contributed by atoms with Crippen molar-refractivity contribution in [3.8, 4) is 11.5 Å². The number of rotatable bonds is 7. The second-order valence-corrected chi connectivity index (χ2v) is 9.80. The first-order valence-electron chi connectivity index (χ1n) is 12.3. The number of nitrogens with zero attached hydrogens (tertiary/aromatic N) is 3. The number of aromatic nitrogens is 3. The lowest BCUT2D eigenvalue weighted by Crippen LogP contribution is -2.61. The van der Waals surface area contributed by atoms with Gasteiger partial charge >= 0.3 is 0 Å². The number of anilines is 1. The minimum atomic E-state index is -1.05. The highest BCUT2D eigenvalue weighted by Gasteiger charge is 2.35. The summed E-state index contributed by atoms with van der Waals surface area (Å²) in [4.78, 5) is 27.4. The third-order valence-electron chi connectivity index (χ3n) is 7.05. The molecule has 3 N–H and O–H groups in total. The van der Waals surface area contributed by atoms with Crippen molar-refractivity contribution in [1.29, 1.82) is 0 Å². The maximum Gasteiger partial charge on any atom is 0.196 e. The van der Waals surface area contributed by atoms with Crippen LogP contribution >= 0.6 is 11.6 Å². The maximum atomic E-state index is 15.1. The zero-order chi connectivity index (χ0) is 25.4. The van der Waals surface area contributed by atoms with Gasteiger partial charge in [0.25, 0.3) is 0 Å². The molecule has 2 aromatic carbocycles. The van der Waals surface area contributed by atoms with Crippen LogP contribution in [0.25, 0.3) is 11.0 Å². The predicted octanol–water partition coefficient (Wildman–Crippen LogP) is 4.43. The third-order valence-corrected chi connectivity index (χ3v) is 7.36. The van der Waals surface area contributed by atoms with E-state index in [0.29, 0.717) is 58.5 Å². The quantitative estimate of drug-likeness (QED) is 0.310. The standard InChI is InChI=1S/C27H26ClFN6O2/c28-21-10-18(37-17-4-2-1-3-5-17)6-7-19(21)25(36)20-13-31-26-24(20)27(33-15-32-26)34-23-8-9-35(14-22(23)29)16-11-30-12-16/h1-7,10,13,15-16,22-23,30H,8-9,11-12,14H2,(H2,31,32,33,34)/t22-,23-/m1/s1. The molecule has 37 heavy (non-hydrogen) atoms. The molecule has 4 heterocycles. The molecule has 2 aliphatic heterocycles. The molecule has 2 fully saturated rings. The lowest BCUT2D eigenvalue weighted by molar-refractivity contribution is 0.0663. The average molecular weight is 521 g/mol. The van der Waals surface area contributed by atoms with E-state index in [9.17, 15) is 4.79 Å². The second-order valence-electron chi connectivity index (χ2n) is 9.40. The first-order chi connectivity index (χ1) is 18.1. The molecule has 0 spiro atoms. The number of carbonyl (C=O) groups excluding carboxylic acids is 1. The lowest BCUT2D eigenvalue weighted by Gasteiger charge is -2.43. The summed E-state index contributed by atoms with van der Waals surface area (Å²) >= 11 is 6.51. The number of alkyl halides is 1. The number of benzene rings is 2. The molecule has 2 aromatic heterocycles. The van der Waals surface area contributed by atoms with Gasteiger partial charge in [-0.05, 0) is 30.7 Å². The van der Waals surface area contributed by atoms with Gasteiger partial charge in [-0.25, -0.2) is 14.4 Å². The zero-order valence-corrected chi connectivity index (χ0v) is 20.7. The molecule has 0 unspecified atom stereocenters. The molecule has 0 radical (unpaired) electrons. The van der Waals surface area contributed by atoms with Gasteiger partial charge in [0.05, 0.1) is 22.0 Å². The molecular formula is C27H26ClFN6O2. The lowest BCUT2D eigenvalue weighted by atomic mass is 9.99. The topological polar surface area (TPSA) is 95.2 Å². The summed E-state index contributed by atoms with van der Waals surface area (Å²) in [6.45, 7) is 3.01. The van der Waals surface area contributed by atoms with Gasteiger partial charge in [0.15, 0.2) is 5.78 Å². The highest BCUT2D eigenvalue weighted by atomic mass is 35.5. The molecule has 0 aliphatic carbocycles. The zero-order valence-electron chi connectivity index (χ0n) is 20.0. The van der Waals surface area contributed by atoms with Gasteiger partial charge in [0.2, 0.25) is 0 Å². The van der Waals surface area contributed by atoms with Crippen LogP contribution in [-0.4, -0.2) is 70.1 Å². The first kappa shape index (κ1) is 23.8. The molecule has 190 valence electrons. The summed E-state index contributed by atoms with van der Waals surface area (Å²) in [5.74, 6) is 1.34. The number of H-pyrrole nitrogens is 1. The molecule has 0 saturated carbocycles. The highest BCUT2D eigenvalue weighted by molar-refractivity contribution is 6.35. The first-order valence-corrected chi connectivity index (χ1v) is 12.7. The van der Waals surface area contributed by atoms with Crippen LogP contribution < -0.4 is 15.4 Å². The molecule has 10 heteroatoms. The van der Waals surface area contributed by atoms with E-state index in [1.807, 2.05) is 30.3 Å². The van der Waals surface area contributed by atoms with Crippen molar-refractivity contribution in [2.24, 2.45) is 0 Å². The van der Waals surface area contributed by atoms with E-state index >= 15 is 4.39 Å². The molecule has 8 nitrogen and oxygen atoms in total. The van der Waals surface area contributed by atoms with E-state index in [1.54, 1.807) is 24.4 Å². The third kappa shape index (κ3) is 4.77. The van der Waals surface area contributed by atoms with Gasteiger partial charge in [-0.3, -0.25) is 9.69 Å². The average Bonchev–Trinajstić information content (AvgIpc) is 3.30. The largest absolute Gasteiger partial charge is 0.457 e. The van der Waals surface area contributed by atoms with E-state index in [2.05, 4.69) is 30.5 Å². The van der Waals surface area contributed by atoms with Crippen LogP contribution in [-0.2, 0) is 0 Å². The van der Waals surface area contributed by atoms with Crippen molar-refractivity contribution in [2.45, 2.75) is 24.7 Å². The van der Waals surface area contributed by atoms with Crippen molar-refractivity contribution < 1.29 is 13.9 Å². The van der Waals surface area contributed by atoms with Crippen LogP contribution in [0.4, 0.5) is 10.2 Å². The van der Waals surface area contributed by atoms with Gasteiger partial charge in [-0.2, -0.15) is 0 Å². The Hall–Kier alpha value is -3.53. The van der Waals surface area contributed by atoms with E-state index < -0.39 is 12.2 Å². The Labute approximate surface area is 218 Å². The van der Waals surface area contributed by atoms with E-state index in [-0.39, 0.29) is 10.8 Å². The molecule has 0 bridgehead atoms. The molecule has 6 rings (SSSR count). The number of hydrogen-bond donors (Lipinski definition) is 3. The van der Waals surface area contributed by atoms with Crippen molar-refractivity contribution >= 4 is 34.2 Å². The van der Waals surface area contributed by atoms with E-state index in [4.69, 9.17) is 16.3 Å². The van der Waals surface area contributed by atoms with Crippen LogP contribution in [0.15, 0.2) is 61.1 Å². The number of ether oxygens (including phenoxy) is 1. The Morgan fingerprint density at radius 1 is 1.11 bits per heavy atom. The van der Waals surface area contributed by atoms with Crippen molar-refractivity contribution in [1.82, 2.24) is 25.2 Å². The Morgan fingerprint density at radius 2 is 1.95 bits per heavy atom. The van der Waals surface area contributed by atoms with Crippen molar-refractivity contribution in [3.63, 3.8) is 0 Å². The van der Waals surface area contributed by atoms with Crippen molar-refractivity contribution in [2.75, 3.05) is 31.5 Å². The fourth-order valence-electron chi connectivity index (χ4n) is 4.89. The Kier molecular flexibility index (Phi) is 6.50. The molecule has 0 amide bonds. The van der Waals surface area contributed by atoms with Crippen molar-refractivity contribution in [3.05, 3.63) is 77.2 Å². The van der Waals surface area contributed by atoms with Gasteiger partial charge < -0.3 is 20.4 Å². The number of ketones is 1. The highest BCUT2D eigenvalue weighted by Crippen LogP contribution is 2.32. The van der Waals surface area contributed by atoms with Gasteiger partial charge in [0, 0.05) is 50.0 Å². The van der Waals surface area contributed by atoms with Crippen LogP contribution in [0.5, 0.6) is 11.5 Å². The number of likely N-dealkylation sites (tertiary alicyclic amines) is 1. The number of carbonyl (C=O) groups is 1. The minimum absolute atomic E-state index is 0.265. The van der Waals surface area contributed by atoms with Crippen LogP contribution in [0.1, 0.15) is 22.3 Å². The molecular weight excluding hydrogens is 495 g/mol. The fourth-order valence-corrected chi connectivity index (χ4v) is 5.15. The number of halogens is 2. The monoisotopic (exact) mass is 520 g/mol. The molecule has 2 saturated heterocycles. The molecule has 2 aliphatic rings.